The van der Waals surface area contributed by atoms with Crippen molar-refractivity contribution in [1.29, 1.82) is 0 Å². The minimum Gasteiger partial charge on any atom is -0.459 e. The molecule has 0 radical (unpaired) electrons. The molecular weight excluding hydrogens is 588 g/mol. The van der Waals surface area contributed by atoms with Crippen molar-refractivity contribution in [2.45, 2.75) is 102 Å². The number of benzene rings is 1. The van der Waals surface area contributed by atoms with Crippen LogP contribution in [-0.4, -0.2) is 76.3 Å². The highest BCUT2D eigenvalue weighted by Crippen LogP contribution is 2.82. The van der Waals surface area contributed by atoms with Gasteiger partial charge in [-0.15, -0.1) is 0 Å². The molecule has 6 fully saturated rings. The Labute approximate surface area is 258 Å². The quantitative estimate of drug-likeness (QED) is 0.210. The van der Waals surface area contributed by atoms with E-state index >= 15 is 0 Å². The van der Waals surface area contributed by atoms with E-state index in [1.807, 2.05) is 0 Å². The second-order valence-corrected chi connectivity index (χ2v) is 13.9. The molecule has 2 aliphatic carbocycles. The molecule has 7 rings (SSSR count). The fourth-order valence-electron chi connectivity index (χ4n) is 9.83. The first-order valence-corrected chi connectivity index (χ1v) is 15.0. The maximum atomic E-state index is 15.0. The third kappa shape index (κ3) is 2.81. The van der Waals surface area contributed by atoms with Crippen LogP contribution in [0, 0.1) is 16.2 Å². The van der Waals surface area contributed by atoms with Crippen molar-refractivity contribution in [3.05, 3.63) is 48.0 Å². The summed E-state index contributed by atoms with van der Waals surface area (Å²) in [7, 11) is 0. The molecule has 0 amide bonds. The van der Waals surface area contributed by atoms with Crippen LogP contribution in [0.1, 0.15) is 71.2 Å². The Hall–Kier alpha value is -4.06. The lowest BCUT2D eigenvalue weighted by atomic mass is 9.35. The Bertz CT molecular complexity index is 1650. The Balaban J connectivity index is 1.58. The number of carbonyl (C=O) groups is 6. The zero-order chi connectivity index (χ0) is 32.8. The van der Waals surface area contributed by atoms with E-state index in [-0.39, 0.29) is 30.4 Å². The minimum atomic E-state index is -2.39. The molecule has 4 heterocycles. The van der Waals surface area contributed by atoms with E-state index in [0.717, 1.165) is 6.92 Å². The van der Waals surface area contributed by atoms with Crippen LogP contribution in [0.25, 0.3) is 0 Å². The lowest BCUT2D eigenvalue weighted by Gasteiger charge is -2.68. The molecule has 1 aromatic rings. The monoisotopic (exact) mass is 622 g/mol. The number of esters is 5. The summed E-state index contributed by atoms with van der Waals surface area (Å²) >= 11 is 0. The Kier molecular flexibility index (Phi) is 5.53. The third-order valence-corrected chi connectivity index (χ3v) is 11.9. The predicted molar refractivity (Wildman–Crippen MR) is 149 cm³/mol. The number of hydrogen-bond donors (Lipinski definition) is 0. The Morgan fingerprint density at radius 2 is 1.60 bits per heavy atom. The maximum Gasteiger partial charge on any atom is 0.345 e. The van der Waals surface area contributed by atoms with Gasteiger partial charge in [-0.05, 0) is 58.2 Å². The molecule has 2 saturated carbocycles. The highest BCUT2D eigenvalue weighted by molar-refractivity contribution is 6.21. The molecule has 0 unspecified atom stereocenters. The zero-order valence-corrected chi connectivity index (χ0v) is 25.8. The number of ether oxygens (including phenoxy) is 6. The summed E-state index contributed by atoms with van der Waals surface area (Å²) in [5.41, 5.74) is -13.0. The van der Waals surface area contributed by atoms with Gasteiger partial charge in [-0.1, -0.05) is 31.7 Å². The second-order valence-electron chi connectivity index (χ2n) is 13.9. The van der Waals surface area contributed by atoms with Gasteiger partial charge in [0.25, 0.3) is 0 Å². The van der Waals surface area contributed by atoms with Gasteiger partial charge in [-0.25, -0.2) is 9.59 Å². The molecule has 1 aromatic carbocycles. The molecule has 4 saturated heterocycles. The van der Waals surface area contributed by atoms with Crippen molar-refractivity contribution < 1.29 is 57.2 Å². The lowest BCUT2D eigenvalue weighted by Crippen LogP contribution is -2.85. The summed E-state index contributed by atoms with van der Waals surface area (Å²) in [6.45, 7) is 13.3. The number of carbonyl (C=O) groups excluding carboxylic acids is 6. The van der Waals surface area contributed by atoms with Crippen LogP contribution in [0.3, 0.4) is 0 Å². The van der Waals surface area contributed by atoms with E-state index in [9.17, 15) is 28.8 Å². The molecule has 45 heavy (non-hydrogen) atoms. The molecule has 12 heteroatoms. The van der Waals surface area contributed by atoms with Gasteiger partial charge < -0.3 is 28.4 Å². The SMILES string of the molecule is C=C1[C@@]2(CCC(=O)OC2(C)C)C[C@H](OC(=O)c2ccccc2)[C@@]2(C)[C@@]34C(=O)O[C@@H](C)[C@@]35O[C@@]12[C@@H](OC(C)=O)[C@](C)(OC5=O)C4=O. The highest BCUT2D eigenvalue weighted by atomic mass is 16.7. The molecule has 0 N–H and O–H groups in total. The normalized spacial score (nSPS) is 45.3. The lowest BCUT2D eigenvalue weighted by molar-refractivity contribution is -0.272. The van der Waals surface area contributed by atoms with E-state index < -0.39 is 92.6 Å². The average Bonchev–Trinajstić information content (AvgIpc) is 3.28. The van der Waals surface area contributed by atoms with Gasteiger partial charge in [0.15, 0.2) is 11.5 Å². The third-order valence-electron chi connectivity index (χ3n) is 11.9. The van der Waals surface area contributed by atoms with Gasteiger partial charge in [-0.2, -0.15) is 0 Å². The van der Waals surface area contributed by atoms with Crippen molar-refractivity contribution in [2.24, 2.45) is 16.2 Å². The summed E-state index contributed by atoms with van der Waals surface area (Å²) in [5, 5.41) is 0. The van der Waals surface area contributed by atoms with Gasteiger partial charge in [-0.3, -0.25) is 19.2 Å². The number of rotatable bonds is 3. The second kappa shape index (κ2) is 8.39. The van der Waals surface area contributed by atoms with Gasteiger partial charge >= 0.3 is 29.8 Å². The van der Waals surface area contributed by atoms with E-state index in [1.165, 1.54) is 20.8 Å². The van der Waals surface area contributed by atoms with E-state index in [4.69, 9.17) is 28.4 Å². The summed E-state index contributed by atoms with van der Waals surface area (Å²) < 4.78 is 36.7. The van der Waals surface area contributed by atoms with Gasteiger partial charge in [0, 0.05) is 18.8 Å². The van der Waals surface area contributed by atoms with Crippen molar-refractivity contribution in [2.75, 3.05) is 0 Å². The van der Waals surface area contributed by atoms with Gasteiger partial charge in [0.05, 0.1) is 11.0 Å². The van der Waals surface area contributed by atoms with Crippen LogP contribution in [0.15, 0.2) is 42.5 Å². The molecule has 0 aromatic heterocycles. The maximum absolute atomic E-state index is 15.0. The fourth-order valence-corrected chi connectivity index (χ4v) is 9.83. The van der Waals surface area contributed by atoms with E-state index in [1.54, 1.807) is 44.2 Å². The Morgan fingerprint density at radius 1 is 0.933 bits per heavy atom. The highest BCUT2D eigenvalue weighted by Gasteiger charge is 3.03. The number of ketones is 1. The van der Waals surface area contributed by atoms with Crippen LogP contribution in [0.2, 0.25) is 0 Å². The fraction of sp³-hybridized carbons (Fsp3) is 0.576. The minimum absolute atomic E-state index is 0.0345. The standard InChI is InChI=1S/C33H34O12/c1-16-30(14-13-21(35)43-27(30,4)5)15-20(42-22(36)19-11-9-8-10-12-19)29(7)31-23(37)28(6)24(41-18(3)34)32(16,29)45-33(31,26(39)44-28)17(2)40-25(31)38/h8-12,17,20,24H,1,13-15H2,2-7H3/t17-,20-,24-,28+,29-,30+,31+,32+,33-/m0/s1. The Morgan fingerprint density at radius 3 is 2.22 bits per heavy atom. The van der Waals surface area contributed by atoms with Crippen LogP contribution in [-0.2, 0) is 52.4 Å². The molecule has 12 nitrogen and oxygen atoms in total. The number of cyclic esters (lactones) is 2. The first-order valence-electron chi connectivity index (χ1n) is 15.0. The van der Waals surface area contributed by atoms with Crippen LogP contribution in [0.5, 0.6) is 0 Å². The zero-order valence-electron chi connectivity index (χ0n) is 25.8. The van der Waals surface area contributed by atoms with E-state index in [2.05, 4.69) is 6.58 Å². The number of hydrogen-bond acceptors (Lipinski definition) is 12. The summed E-state index contributed by atoms with van der Waals surface area (Å²) in [4.78, 5) is 82.9. The van der Waals surface area contributed by atoms with Crippen molar-refractivity contribution >= 4 is 35.6 Å². The molecule has 2 spiro atoms. The largest absolute Gasteiger partial charge is 0.459 e. The van der Waals surface area contributed by atoms with Crippen molar-refractivity contribution in [1.82, 2.24) is 0 Å². The summed E-state index contributed by atoms with van der Waals surface area (Å²) in [6.07, 6.45) is -4.30. The average molecular weight is 623 g/mol. The first kappa shape index (κ1) is 29.6. The van der Waals surface area contributed by atoms with Crippen LogP contribution >= 0.6 is 0 Å². The number of fused-ring (bicyclic) bond motifs is 1. The molecule has 9 atom stereocenters. The summed E-state index contributed by atoms with van der Waals surface area (Å²) in [5.74, 6) is -5.02. The van der Waals surface area contributed by atoms with Crippen molar-refractivity contribution in [3.63, 3.8) is 0 Å². The summed E-state index contributed by atoms with van der Waals surface area (Å²) in [6, 6.07) is 8.14. The van der Waals surface area contributed by atoms with Gasteiger partial charge in [0.1, 0.15) is 23.4 Å². The van der Waals surface area contributed by atoms with Gasteiger partial charge in [0.2, 0.25) is 17.0 Å². The van der Waals surface area contributed by atoms with Crippen molar-refractivity contribution in [3.8, 4) is 0 Å². The van der Waals surface area contributed by atoms with Crippen LogP contribution < -0.4 is 0 Å². The molecule has 238 valence electrons. The van der Waals surface area contributed by atoms with Crippen LogP contribution in [0.4, 0.5) is 0 Å². The smallest absolute Gasteiger partial charge is 0.345 e. The molecule has 6 aliphatic rings. The van der Waals surface area contributed by atoms with E-state index in [0.29, 0.717) is 0 Å². The molecular formula is C33H34O12. The molecule has 4 aliphatic heterocycles. The molecule has 3 bridgehead atoms. The first-order chi connectivity index (χ1) is 20.9. The number of Topliss-reactive ketones (excluding diaryl/α,β-unsaturated/α-hetero) is 1. The predicted octanol–water partition coefficient (Wildman–Crippen LogP) is 2.55. The topological polar surface area (TPSA) is 158 Å².